The van der Waals surface area contributed by atoms with Crippen molar-refractivity contribution in [1.29, 1.82) is 0 Å². The Morgan fingerprint density at radius 1 is 0.933 bits per heavy atom. The van der Waals surface area contributed by atoms with Crippen LogP contribution in [0.2, 0.25) is 0 Å². The maximum absolute atomic E-state index is 14.3. The molecule has 3 aromatic carbocycles. The Morgan fingerprint density at radius 2 is 1.58 bits per heavy atom. The molecule has 0 N–H and O–H groups in total. The van der Waals surface area contributed by atoms with Crippen molar-refractivity contribution in [2.45, 2.75) is 32.9 Å². The third kappa shape index (κ3) is 5.84. The molecule has 3 heterocycles. The first-order valence-electron chi connectivity index (χ1n) is 14.4. The average molecular weight is 621 g/mol. The maximum atomic E-state index is 14.3. The molecule has 0 saturated heterocycles. The summed E-state index contributed by atoms with van der Waals surface area (Å²) in [6.07, 6.45) is 3.41. The summed E-state index contributed by atoms with van der Waals surface area (Å²) >= 11 is 1.27. The number of nitrogens with zero attached hydrogens (tertiary/aromatic N) is 4. The molecule has 1 aliphatic rings. The zero-order valence-electron chi connectivity index (χ0n) is 25.6. The van der Waals surface area contributed by atoms with E-state index in [0.717, 1.165) is 28.1 Å². The summed E-state index contributed by atoms with van der Waals surface area (Å²) in [5.74, 6) is 0.892. The highest BCUT2D eigenvalue weighted by molar-refractivity contribution is 7.07. The number of fused-ring (bicyclic) bond motifs is 1. The number of allylic oxidation sites excluding steroid dienone is 1. The molecule has 0 spiro atoms. The molecule has 9 nitrogen and oxygen atoms in total. The standard InChI is InChI=1S/C35H32N4O5S/c1-21(2)44-34(41)30-22(3)36-35-39(32(30)24-13-17-28(43-5)18-14-24)33(40)29(45-35)19-25-20-38(26-9-7-6-8-10-26)37-31(25)23-11-15-27(42-4)16-12-23/h6-21,32H,1-5H3. The lowest BCUT2D eigenvalue weighted by Gasteiger charge is -2.25. The molecule has 10 heteroatoms. The van der Waals surface area contributed by atoms with E-state index in [1.54, 1.807) is 44.2 Å². The van der Waals surface area contributed by atoms with Crippen LogP contribution in [-0.2, 0) is 9.53 Å². The minimum Gasteiger partial charge on any atom is -0.497 e. The number of carbonyl (C=O) groups excluding carboxylic acids is 1. The zero-order valence-corrected chi connectivity index (χ0v) is 26.4. The number of methoxy groups -OCH3 is 2. The maximum Gasteiger partial charge on any atom is 0.338 e. The van der Waals surface area contributed by atoms with Crippen LogP contribution in [0.15, 0.2) is 106 Å². The number of esters is 1. The average Bonchev–Trinajstić information content (AvgIpc) is 3.61. The van der Waals surface area contributed by atoms with Gasteiger partial charge >= 0.3 is 5.97 Å². The quantitative estimate of drug-likeness (QED) is 0.225. The molecule has 0 bridgehead atoms. The van der Waals surface area contributed by atoms with Crippen molar-refractivity contribution >= 4 is 23.4 Å². The second kappa shape index (κ2) is 12.4. The number of aromatic nitrogens is 3. The van der Waals surface area contributed by atoms with Crippen molar-refractivity contribution in [2.24, 2.45) is 4.99 Å². The van der Waals surface area contributed by atoms with E-state index in [9.17, 15) is 9.59 Å². The molecular formula is C35H32N4O5S. The zero-order chi connectivity index (χ0) is 31.7. The van der Waals surface area contributed by atoms with Crippen LogP contribution in [0.1, 0.15) is 37.9 Å². The minimum absolute atomic E-state index is 0.268. The van der Waals surface area contributed by atoms with Crippen molar-refractivity contribution in [3.8, 4) is 28.4 Å². The van der Waals surface area contributed by atoms with Gasteiger partial charge in [0.15, 0.2) is 4.80 Å². The van der Waals surface area contributed by atoms with Gasteiger partial charge in [-0.05, 0) is 80.9 Å². The van der Waals surface area contributed by atoms with Crippen molar-refractivity contribution in [3.05, 3.63) is 127 Å². The van der Waals surface area contributed by atoms with Gasteiger partial charge in [-0.2, -0.15) is 5.10 Å². The number of hydrogen-bond acceptors (Lipinski definition) is 8. The highest BCUT2D eigenvalue weighted by Crippen LogP contribution is 2.32. The van der Waals surface area contributed by atoms with Crippen LogP contribution in [-0.4, -0.2) is 40.6 Å². The Kier molecular flexibility index (Phi) is 8.23. The van der Waals surface area contributed by atoms with Crippen LogP contribution >= 0.6 is 11.3 Å². The Hall–Kier alpha value is -5.22. The monoisotopic (exact) mass is 620 g/mol. The summed E-state index contributed by atoms with van der Waals surface area (Å²) < 4.78 is 20.2. The fraction of sp³-hybridized carbons (Fsp3) is 0.200. The van der Waals surface area contributed by atoms with Crippen molar-refractivity contribution < 1.29 is 19.0 Å². The van der Waals surface area contributed by atoms with Gasteiger partial charge in [0.1, 0.15) is 17.2 Å². The van der Waals surface area contributed by atoms with Gasteiger partial charge in [0.2, 0.25) is 0 Å². The van der Waals surface area contributed by atoms with E-state index in [0.29, 0.717) is 32.0 Å². The van der Waals surface area contributed by atoms with Crippen LogP contribution < -0.4 is 24.4 Å². The molecule has 1 aliphatic heterocycles. The SMILES string of the molecule is COc1ccc(-c2nn(-c3ccccc3)cc2C=c2sc3n(c2=O)C(c2ccc(OC)cc2)C(C(=O)OC(C)C)=C(C)N=3)cc1. The van der Waals surface area contributed by atoms with Crippen LogP contribution in [0.5, 0.6) is 11.5 Å². The van der Waals surface area contributed by atoms with Gasteiger partial charge in [0, 0.05) is 17.3 Å². The summed E-state index contributed by atoms with van der Waals surface area (Å²) in [4.78, 5) is 32.9. The van der Waals surface area contributed by atoms with Crippen molar-refractivity contribution in [1.82, 2.24) is 14.3 Å². The van der Waals surface area contributed by atoms with Crippen LogP contribution in [0, 0.1) is 0 Å². The van der Waals surface area contributed by atoms with Crippen molar-refractivity contribution in [2.75, 3.05) is 14.2 Å². The van der Waals surface area contributed by atoms with E-state index in [2.05, 4.69) is 0 Å². The Balaban J connectivity index is 1.54. The molecule has 45 heavy (non-hydrogen) atoms. The van der Waals surface area contributed by atoms with E-state index in [1.165, 1.54) is 11.3 Å². The summed E-state index contributed by atoms with van der Waals surface area (Å²) in [5.41, 5.74) is 4.52. The van der Waals surface area contributed by atoms with E-state index in [-0.39, 0.29) is 11.7 Å². The molecule has 1 unspecified atom stereocenters. The normalized spacial score (nSPS) is 14.7. The number of para-hydroxylation sites is 1. The number of thiazole rings is 1. The largest absolute Gasteiger partial charge is 0.497 e. The first-order chi connectivity index (χ1) is 21.8. The first-order valence-corrected chi connectivity index (χ1v) is 15.3. The lowest BCUT2D eigenvalue weighted by Crippen LogP contribution is -2.40. The summed E-state index contributed by atoms with van der Waals surface area (Å²) in [5, 5.41) is 4.90. The van der Waals surface area contributed by atoms with E-state index >= 15 is 0 Å². The van der Waals surface area contributed by atoms with Crippen LogP contribution in [0.3, 0.4) is 0 Å². The van der Waals surface area contributed by atoms with Crippen molar-refractivity contribution in [3.63, 3.8) is 0 Å². The first kappa shape index (κ1) is 29.8. The van der Waals surface area contributed by atoms with E-state index in [4.69, 9.17) is 24.3 Å². The fourth-order valence-electron chi connectivity index (χ4n) is 5.28. The van der Waals surface area contributed by atoms with Gasteiger partial charge in [0.25, 0.3) is 5.56 Å². The smallest absolute Gasteiger partial charge is 0.338 e. The molecule has 5 aromatic rings. The molecule has 2 aromatic heterocycles. The molecule has 228 valence electrons. The van der Waals surface area contributed by atoms with Gasteiger partial charge < -0.3 is 14.2 Å². The third-order valence-electron chi connectivity index (χ3n) is 7.43. The molecule has 0 amide bonds. The lowest BCUT2D eigenvalue weighted by atomic mass is 9.96. The summed E-state index contributed by atoms with van der Waals surface area (Å²) in [6.45, 7) is 5.36. The van der Waals surface area contributed by atoms with Crippen LogP contribution in [0.25, 0.3) is 23.0 Å². The summed E-state index contributed by atoms with van der Waals surface area (Å²) in [6, 6.07) is 24.0. The van der Waals surface area contributed by atoms with Gasteiger partial charge in [-0.1, -0.05) is 41.7 Å². The molecule has 0 radical (unpaired) electrons. The van der Waals surface area contributed by atoms with E-state index < -0.39 is 12.0 Å². The Bertz CT molecular complexity index is 2070. The minimum atomic E-state index is -0.728. The van der Waals surface area contributed by atoms with Gasteiger partial charge in [-0.25, -0.2) is 14.5 Å². The highest BCUT2D eigenvalue weighted by Gasteiger charge is 2.34. The lowest BCUT2D eigenvalue weighted by molar-refractivity contribution is -0.143. The Labute approximate surface area is 264 Å². The van der Waals surface area contributed by atoms with Crippen LogP contribution in [0.4, 0.5) is 0 Å². The number of hydrogen-bond donors (Lipinski definition) is 0. The Morgan fingerprint density at radius 3 is 2.20 bits per heavy atom. The third-order valence-corrected chi connectivity index (χ3v) is 8.41. The molecular weight excluding hydrogens is 588 g/mol. The number of carbonyl (C=O) groups is 1. The number of rotatable bonds is 8. The molecule has 0 fully saturated rings. The molecule has 0 saturated carbocycles. The second-order valence-corrected chi connectivity index (χ2v) is 11.8. The number of ether oxygens (including phenoxy) is 3. The van der Waals surface area contributed by atoms with Gasteiger partial charge in [-0.15, -0.1) is 0 Å². The second-order valence-electron chi connectivity index (χ2n) is 10.8. The molecule has 1 atom stereocenters. The summed E-state index contributed by atoms with van der Waals surface area (Å²) in [7, 11) is 3.22. The predicted molar refractivity (Wildman–Crippen MR) is 174 cm³/mol. The topological polar surface area (TPSA) is 96.9 Å². The van der Waals surface area contributed by atoms with E-state index in [1.807, 2.05) is 91.1 Å². The van der Waals surface area contributed by atoms with Gasteiger partial charge in [0.05, 0.1) is 47.9 Å². The highest BCUT2D eigenvalue weighted by atomic mass is 32.1. The molecule has 0 aliphatic carbocycles. The van der Waals surface area contributed by atoms with Gasteiger partial charge in [-0.3, -0.25) is 9.36 Å². The molecule has 6 rings (SSSR count). The predicted octanol–water partition coefficient (Wildman–Crippen LogP) is 5.06. The fourth-order valence-corrected chi connectivity index (χ4v) is 6.32. The number of benzene rings is 3.